The number of rotatable bonds is 4. The normalized spacial score (nSPS) is 15.1. The van der Waals surface area contributed by atoms with Crippen molar-refractivity contribution in [2.45, 2.75) is 39.4 Å². The maximum absolute atomic E-state index is 12.9. The highest BCUT2D eigenvalue weighted by Gasteiger charge is 2.24. The molecule has 0 spiro atoms. The van der Waals surface area contributed by atoms with Crippen LogP contribution in [-0.4, -0.2) is 38.8 Å². The first-order valence-corrected chi connectivity index (χ1v) is 9.36. The highest BCUT2D eigenvalue weighted by molar-refractivity contribution is 5.52. The number of nitrogens with zero attached hydrogens (tertiary/aromatic N) is 5. The zero-order chi connectivity index (χ0) is 19.7. The van der Waals surface area contributed by atoms with Crippen molar-refractivity contribution in [3.05, 3.63) is 57.3 Å². The molecule has 0 aliphatic carbocycles. The van der Waals surface area contributed by atoms with Crippen LogP contribution in [0.15, 0.2) is 29.1 Å². The Bertz CT molecular complexity index is 1080. The Morgan fingerprint density at radius 1 is 1.21 bits per heavy atom. The highest BCUT2D eigenvalue weighted by atomic mass is 16.5. The molecule has 1 aromatic carbocycles. The van der Waals surface area contributed by atoms with Gasteiger partial charge in [0.1, 0.15) is 11.5 Å². The molecule has 3 heterocycles. The maximum atomic E-state index is 12.9. The number of H-pyrrole nitrogens is 1. The molecule has 0 amide bonds. The number of aromatic amines is 1. The second-order valence-corrected chi connectivity index (χ2v) is 7.10. The van der Waals surface area contributed by atoms with Crippen LogP contribution in [-0.2, 0) is 11.3 Å². The zero-order valence-corrected chi connectivity index (χ0v) is 16.0. The molecule has 2 aromatic heterocycles. The molecule has 0 radical (unpaired) electrons. The van der Waals surface area contributed by atoms with Gasteiger partial charge in [0.15, 0.2) is 0 Å². The minimum Gasteiger partial charge on any atom is -0.373 e. The Hall–Kier alpha value is -3.18. The van der Waals surface area contributed by atoms with E-state index >= 15 is 0 Å². The molecule has 1 aliphatic heterocycles. The van der Waals surface area contributed by atoms with Crippen molar-refractivity contribution in [2.75, 3.05) is 18.0 Å². The standard InChI is InChI=1S/C20H22N6O2/c1-13-18(19(27)26-20(22-13)23-14(2)24-26)25-9-7-17(8-10-25)28-12-16-5-3-15(11-21)4-6-16/h3-6,17H,7-10,12H2,1-2H3,(H,22,23,24). The number of fused-ring (bicyclic) bond motifs is 1. The summed E-state index contributed by atoms with van der Waals surface area (Å²) < 4.78 is 7.44. The maximum Gasteiger partial charge on any atom is 0.297 e. The largest absolute Gasteiger partial charge is 0.373 e. The quantitative estimate of drug-likeness (QED) is 0.746. The van der Waals surface area contributed by atoms with Crippen molar-refractivity contribution < 1.29 is 4.74 Å². The smallest absolute Gasteiger partial charge is 0.297 e. The fourth-order valence-corrected chi connectivity index (χ4v) is 3.62. The average molecular weight is 378 g/mol. The van der Waals surface area contributed by atoms with Crippen molar-refractivity contribution in [3.8, 4) is 6.07 Å². The number of anilines is 1. The zero-order valence-electron chi connectivity index (χ0n) is 16.0. The molecule has 1 aliphatic rings. The number of nitriles is 1. The Morgan fingerprint density at radius 3 is 2.61 bits per heavy atom. The molecule has 1 fully saturated rings. The number of hydrogen-bond acceptors (Lipinski definition) is 6. The van der Waals surface area contributed by atoms with Crippen molar-refractivity contribution in [1.82, 2.24) is 19.6 Å². The lowest BCUT2D eigenvalue weighted by Crippen LogP contribution is -2.41. The molecule has 3 aromatic rings. The average Bonchev–Trinajstić information content (AvgIpc) is 3.08. The van der Waals surface area contributed by atoms with Gasteiger partial charge in [-0.15, -0.1) is 0 Å². The second kappa shape index (κ2) is 7.44. The van der Waals surface area contributed by atoms with E-state index in [1.165, 1.54) is 4.52 Å². The summed E-state index contributed by atoms with van der Waals surface area (Å²) >= 11 is 0. The second-order valence-electron chi connectivity index (χ2n) is 7.10. The third-order valence-electron chi connectivity index (χ3n) is 5.08. The summed E-state index contributed by atoms with van der Waals surface area (Å²) in [5.74, 6) is 1.07. The molecule has 144 valence electrons. The minimum absolute atomic E-state index is 0.111. The van der Waals surface area contributed by atoms with Gasteiger partial charge < -0.3 is 9.64 Å². The molecule has 1 saturated heterocycles. The van der Waals surface area contributed by atoms with Crippen LogP contribution in [0, 0.1) is 25.2 Å². The number of aryl methyl sites for hydroxylation is 2. The van der Waals surface area contributed by atoms with Crippen LogP contribution in [0.5, 0.6) is 0 Å². The molecule has 0 saturated carbocycles. The van der Waals surface area contributed by atoms with Gasteiger partial charge in [0.2, 0.25) is 0 Å². The predicted molar refractivity (Wildman–Crippen MR) is 104 cm³/mol. The molecule has 8 nitrogen and oxygen atoms in total. The van der Waals surface area contributed by atoms with E-state index in [4.69, 9.17) is 10.00 Å². The lowest BCUT2D eigenvalue weighted by atomic mass is 10.1. The van der Waals surface area contributed by atoms with Gasteiger partial charge in [0.25, 0.3) is 11.3 Å². The lowest BCUT2D eigenvalue weighted by Gasteiger charge is -2.33. The van der Waals surface area contributed by atoms with E-state index in [-0.39, 0.29) is 11.7 Å². The summed E-state index contributed by atoms with van der Waals surface area (Å²) in [6.07, 6.45) is 1.85. The summed E-state index contributed by atoms with van der Waals surface area (Å²) in [5, 5.41) is 11.8. The van der Waals surface area contributed by atoms with E-state index in [9.17, 15) is 4.79 Å². The Kier molecular flexibility index (Phi) is 4.84. The van der Waals surface area contributed by atoms with Crippen LogP contribution < -0.4 is 10.5 Å². The van der Waals surface area contributed by atoms with E-state index < -0.39 is 0 Å². The molecule has 0 unspecified atom stereocenters. The summed E-state index contributed by atoms with van der Waals surface area (Å²) in [6, 6.07) is 9.57. The van der Waals surface area contributed by atoms with Gasteiger partial charge in [0.05, 0.1) is 30.0 Å². The van der Waals surface area contributed by atoms with E-state index in [1.54, 1.807) is 19.1 Å². The van der Waals surface area contributed by atoms with Gasteiger partial charge in [-0.2, -0.15) is 14.8 Å². The fourth-order valence-electron chi connectivity index (χ4n) is 3.62. The summed E-state index contributed by atoms with van der Waals surface area (Å²) in [7, 11) is 0. The monoisotopic (exact) mass is 378 g/mol. The molecule has 28 heavy (non-hydrogen) atoms. The van der Waals surface area contributed by atoms with Crippen LogP contribution in [0.3, 0.4) is 0 Å². The highest BCUT2D eigenvalue weighted by Crippen LogP contribution is 2.22. The summed E-state index contributed by atoms with van der Waals surface area (Å²) in [6.45, 7) is 5.68. The van der Waals surface area contributed by atoms with E-state index in [2.05, 4.69) is 26.0 Å². The number of benzene rings is 1. The molecule has 0 atom stereocenters. The third-order valence-corrected chi connectivity index (χ3v) is 5.08. The minimum atomic E-state index is -0.111. The fraction of sp³-hybridized carbons (Fsp3) is 0.400. The van der Waals surface area contributed by atoms with Crippen molar-refractivity contribution in [1.29, 1.82) is 5.26 Å². The Labute approximate surface area is 162 Å². The van der Waals surface area contributed by atoms with Gasteiger partial charge in [-0.25, -0.2) is 4.98 Å². The van der Waals surface area contributed by atoms with Gasteiger partial charge in [-0.3, -0.25) is 9.89 Å². The van der Waals surface area contributed by atoms with Gasteiger partial charge in [-0.05, 0) is 44.4 Å². The predicted octanol–water partition coefficient (Wildman–Crippen LogP) is 2.09. The molecule has 8 heteroatoms. The van der Waals surface area contributed by atoms with Gasteiger partial charge >= 0.3 is 0 Å². The van der Waals surface area contributed by atoms with Gasteiger partial charge in [-0.1, -0.05) is 12.1 Å². The number of aromatic nitrogens is 4. The Morgan fingerprint density at radius 2 is 1.93 bits per heavy atom. The first-order chi connectivity index (χ1) is 13.5. The molecular formula is C20H22N6O2. The number of nitrogens with one attached hydrogen (secondary N) is 1. The molecular weight excluding hydrogens is 356 g/mol. The van der Waals surface area contributed by atoms with Crippen LogP contribution in [0.1, 0.15) is 35.5 Å². The first kappa shape index (κ1) is 18.2. The Balaban J connectivity index is 1.41. The molecule has 1 N–H and O–H groups in total. The topological polar surface area (TPSA) is 99.3 Å². The van der Waals surface area contributed by atoms with Crippen LogP contribution in [0.25, 0.3) is 5.78 Å². The number of hydrogen-bond donors (Lipinski definition) is 1. The number of ether oxygens (including phenoxy) is 1. The van der Waals surface area contributed by atoms with Crippen molar-refractivity contribution in [2.24, 2.45) is 0 Å². The van der Waals surface area contributed by atoms with Crippen molar-refractivity contribution in [3.63, 3.8) is 0 Å². The molecule has 0 bridgehead atoms. The summed E-state index contributed by atoms with van der Waals surface area (Å²) in [5.41, 5.74) is 2.93. The summed E-state index contributed by atoms with van der Waals surface area (Å²) in [4.78, 5) is 23.7. The number of piperidine rings is 1. The van der Waals surface area contributed by atoms with Crippen LogP contribution in [0.4, 0.5) is 5.69 Å². The third kappa shape index (κ3) is 3.49. The van der Waals surface area contributed by atoms with Crippen LogP contribution >= 0.6 is 0 Å². The SMILES string of the molecule is Cc1nc2nc(C)c(N3CCC(OCc4ccc(C#N)cc4)CC3)c(=O)n2[nH]1. The van der Waals surface area contributed by atoms with Gasteiger partial charge in [0, 0.05) is 13.1 Å². The molecule has 4 rings (SSSR count). The van der Waals surface area contributed by atoms with E-state index in [1.807, 2.05) is 19.1 Å². The van der Waals surface area contributed by atoms with Crippen molar-refractivity contribution >= 4 is 11.5 Å². The first-order valence-electron chi connectivity index (χ1n) is 9.36. The van der Waals surface area contributed by atoms with E-state index in [0.29, 0.717) is 35.2 Å². The van der Waals surface area contributed by atoms with Crippen LogP contribution in [0.2, 0.25) is 0 Å². The lowest BCUT2D eigenvalue weighted by molar-refractivity contribution is 0.0251. The van der Waals surface area contributed by atoms with E-state index in [0.717, 1.165) is 31.5 Å².